The maximum Gasteiger partial charge on any atom is 0.330 e. The monoisotopic (exact) mass is 334 g/mol. The van der Waals surface area contributed by atoms with Crippen LogP contribution in [0.4, 0.5) is 0 Å². The van der Waals surface area contributed by atoms with Crippen molar-refractivity contribution in [3.63, 3.8) is 0 Å². The smallest absolute Gasteiger partial charge is 0.330 e. The van der Waals surface area contributed by atoms with E-state index in [1.807, 2.05) is 13.8 Å². The molecule has 1 aromatic carbocycles. The molecule has 6 nitrogen and oxygen atoms in total. The number of carbonyl (C=O) groups excluding carboxylic acids is 1. The first-order valence-corrected chi connectivity index (χ1v) is 7.95. The second kappa shape index (κ2) is 7.23. The molecule has 0 aliphatic rings. The standard InChI is InChI=1S/C16H18N2O4S/c1-10-11(2)23-16(22)18(10)9-8-13(19)17-14(15(20)21)12-6-4-3-5-7-12/h3-7,14H,8-9H2,1-2H3,(H,17,19)(H,20,21)/t14-/m1/s1. The fourth-order valence-corrected chi connectivity index (χ4v) is 3.08. The zero-order chi connectivity index (χ0) is 17.0. The van der Waals surface area contributed by atoms with Crippen LogP contribution in [0.3, 0.4) is 0 Å². The predicted octanol–water partition coefficient (Wildman–Crippen LogP) is 1.86. The minimum atomic E-state index is -1.12. The first kappa shape index (κ1) is 17.0. The van der Waals surface area contributed by atoms with E-state index < -0.39 is 17.9 Å². The Morgan fingerprint density at radius 1 is 1.26 bits per heavy atom. The van der Waals surface area contributed by atoms with Gasteiger partial charge < -0.3 is 15.0 Å². The van der Waals surface area contributed by atoms with Crippen LogP contribution in [0.1, 0.15) is 28.6 Å². The van der Waals surface area contributed by atoms with Gasteiger partial charge in [0, 0.05) is 23.5 Å². The lowest BCUT2D eigenvalue weighted by Crippen LogP contribution is -2.34. The Hall–Kier alpha value is -2.41. The Bertz CT molecular complexity index is 764. The zero-order valence-electron chi connectivity index (χ0n) is 12.9. The Kier molecular flexibility index (Phi) is 5.33. The van der Waals surface area contributed by atoms with Gasteiger partial charge in [0.25, 0.3) is 0 Å². The third kappa shape index (κ3) is 4.07. The number of aryl methyl sites for hydroxylation is 1. The molecule has 0 aliphatic carbocycles. The van der Waals surface area contributed by atoms with Crippen LogP contribution in [0, 0.1) is 13.8 Å². The average molecular weight is 334 g/mol. The number of rotatable bonds is 6. The van der Waals surface area contributed by atoms with E-state index in [4.69, 9.17) is 0 Å². The summed E-state index contributed by atoms with van der Waals surface area (Å²) >= 11 is 1.14. The summed E-state index contributed by atoms with van der Waals surface area (Å²) in [4.78, 5) is 36.0. The molecular weight excluding hydrogens is 316 g/mol. The van der Waals surface area contributed by atoms with Gasteiger partial charge in [0.2, 0.25) is 5.91 Å². The van der Waals surface area contributed by atoms with Gasteiger partial charge in [-0.3, -0.25) is 9.59 Å². The number of nitrogens with zero attached hydrogens (tertiary/aromatic N) is 1. The Balaban J connectivity index is 2.03. The average Bonchev–Trinajstić information content (AvgIpc) is 2.76. The molecule has 0 saturated carbocycles. The van der Waals surface area contributed by atoms with Crippen LogP contribution < -0.4 is 10.2 Å². The molecule has 0 bridgehead atoms. The van der Waals surface area contributed by atoms with Crippen LogP contribution in [0.5, 0.6) is 0 Å². The number of benzene rings is 1. The topological polar surface area (TPSA) is 88.4 Å². The number of carbonyl (C=O) groups is 2. The van der Waals surface area contributed by atoms with Gasteiger partial charge >= 0.3 is 10.8 Å². The molecule has 23 heavy (non-hydrogen) atoms. The number of aliphatic carboxylic acids is 1. The fraction of sp³-hybridized carbons (Fsp3) is 0.312. The number of carboxylic acids is 1. The number of nitrogens with one attached hydrogen (secondary N) is 1. The van der Waals surface area contributed by atoms with Crippen LogP contribution in [0.15, 0.2) is 35.1 Å². The number of thiazole rings is 1. The van der Waals surface area contributed by atoms with Gasteiger partial charge in [0.15, 0.2) is 6.04 Å². The lowest BCUT2D eigenvalue weighted by Gasteiger charge is -2.15. The molecule has 0 radical (unpaired) electrons. The summed E-state index contributed by atoms with van der Waals surface area (Å²) in [6.07, 6.45) is 0.0491. The molecule has 1 amide bonds. The Morgan fingerprint density at radius 2 is 1.91 bits per heavy atom. The van der Waals surface area contributed by atoms with Crippen molar-refractivity contribution in [1.29, 1.82) is 0 Å². The number of aromatic nitrogens is 1. The SMILES string of the molecule is Cc1sc(=O)n(CCC(=O)N[C@@H](C(=O)O)c2ccccc2)c1C. The highest BCUT2D eigenvalue weighted by molar-refractivity contribution is 7.09. The van der Waals surface area contributed by atoms with E-state index in [0.29, 0.717) is 5.56 Å². The minimum absolute atomic E-state index is 0.0491. The van der Waals surface area contributed by atoms with Crippen molar-refractivity contribution in [2.45, 2.75) is 32.9 Å². The molecular formula is C16H18N2O4S. The maximum absolute atomic E-state index is 12.0. The summed E-state index contributed by atoms with van der Waals surface area (Å²) in [7, 11) is 0. The van der Waals surface area contributed by atoms with Gasteiger partial charge in [-0.2, -0.15) is 0 Å². The van der Waals surface area contributed by atoms with Gasteiger partial charge in [-0.05, 0) is 19.4 Å². The van der Waals surface area contributed by atoms with E-state index in [0.717, 1.165) is 21.9 Å². The normalized spacial score (nSPS) is 11.9. The van der Waals surface area contributed by atoms with E-state index >= 15 is 0 Å². The van der Waals surface area contributed by atoms with Crippen molar-refractivity contribution in [3.8, 4) is 0 Å². The Morgan fingerprint density at radius 3 is 2.43 bits per heavy atom. The fourth-order valence-electron chi connectivity index (χ4n) is 2.23. The molecule has 0 spiro atoms. The first-order valence-electron chi connectivity index (χ1n) is 7.14. The largest absolute Gasteiger partial charge is 0.479 e. The lowest BCUT2D eigenvalue weighted by molar-refractivity contribution is -0.142. The molecule has 2 N–H and O–H groups in total. The van der Waals surface area contributed by atoms with Crippen LogP contribution in [0.2, 0.25) is 0 Å². The van der Waals surface area contributed by atoms with Gasteiger partial charge in [-0.1, -0.05) is 41.7 Å². The van der Waals surface area contributed by atoms with Crippen LogP contribution >= 0.6 is 11.3 Å². The molecule has 0 aliphatic heterocycles. The maximum atomic E-state index is 12.0. The highest BCUT2D eigenvalue weighted by Gasteiger charge is 2.21. The molecule has 0 fully saturated rings. The molecule has 1 atom stereocenters. The lowest BCUT2D eigenvalue weighted by atomic mass is 10.1. The summed E-state index contributed by atoms with van der Waals surface area (Å²) in [5.41, 5.74) is 1.35. The summed E-state index contributed by atoms with van der Waals surface area (Å²) in [6.45, 7) is 3.92. The highest BCUT2D eigenvalue weighted by Crippen LogP contribution is 2.13. The third-order valence-electron chi connectivity index (χ3n) is 3.62. The summed E-state index contributed by atoms with van der Waals surface area (Å²) in [5, 5.41) is 11.8. The second-order valence-corrected chi connectivity index (χ2v) is 6.33. The van der Waals surface area contributed by atoms with Crippen molar-refractivity contribution < 1.29 is 14.7 Å². The van der Waals surface area contributed by atoms with Crippen LogP contribution in [-0.2, 0) is 16.1 Å². The molecule has 7 heteroatoms. The second-order valence-electron chi connectivity index (χ2n) is 5.16. The van der Waals surface area contributed by atoms with Crippen molar-refractivity contribution in [3.05, 3.63) is 56.1 Å². The number of amides is 1. The number of hydrogen-bond donors (Lipinski definition) is 2. The Labute approximate surface area is 137 Å². The first-order chi connectivity index (χ1) is 10.9. The molecule has 1 aromatic heterocycles. The molecule has 1 heterocycles. The van der Waals surface area contributed by atoms with Crippen molar-refractivity contribution in [2.75, 3.05) is 0 Å². The van der Waals surface area contributed by atoms with Gasteiger partial charge in [-0.25, -0.2) is 4.79 Å². The summed E-state index contributed by atoms with van der Waals surface area (Å²) < 4.78 is 1.54. The van der Waals surface area contributed by atoms with Crippen LogP contribution in [0.25, 0.3) is 0 Å². The van der Waals surface area contributed by atoms with Crippen LogP contribution in [-0.4, -0.2) is 21.6 Å². The number of hydrogen-bond acceptors (Lipinski definition) is 4. The molecule has 0 unspecified atom stereocenters. The van der Waals surface area contributed by atoms with E-state index in [1.165, 1.54) is 4.57 Å². The van der Waals surface area contributed by atoms with Gasteiger partial charge in [0.05, 0.1) is 0 Å². The molecule has 122 valence electrons. The zero-order valence-corrected chi connectivity index (χ0v) is 13.7. The number of carboxylic acid groups (broad SMARTS) is 1. The highest BCUT2D eigenvalue weighted by atomic mass is 32.1. The summed E-state index contributed by atoms with van der Waals surface area (Å²) in [5.74, 6) is -1.53. The van der Waals surface area contributed by atoms with E-state index in [-0.39, 0.29) is 17.8 Å². The van der Waals surface area contributed by atoms with Crippen molar-refractivity contribution in [1.82, 2.24) is 9.88 Å². The van der Waals surface area contributed by atoms with Gasteiger partial charge in [0.1, 0.15) is 0 Å². The van der Waals surface area contributed by atoms with Crippen molar-refractivity contribution >= 4 is 23.2 Å². The van der Waals surface area contributed by atoms with E-state index in [9.17, 15) is 19.5 Å². The summed E-state index contributed by atoms with van der Waals surface area (Å²) in [6, 6.07) is 7.42. The predicted molar refractivity (Wildman–Crippen MR) is 87.6 cm³/mol. The van der Waals surface area contributed by atoms with Crippen molar-refractivity contribution in [2.24, 2.45) is 0 Å². The van der Waals surface area contributed by atoms with Gasteiger partial charge in [-0.15, -0.1) is 0 Å². The quantitative estimate of drug-likeness (QED) is 0.844. The molecule has 2 rings (SSSR count). The van der Waals surface area contributed by atoms with E-state index in [1.54, 1.807) is 30.3 Å². The molecule has 0 saturated heterocycles. The van der Waals surface area contributed by atoms with E-state index in [2.05, 4.69) is 5.32 Å². The minimum Gasteiger partial charge on any atom is -0.479 e. The third-order valence-corrected chi connectivity index (χ3v) is 4.62. The molecule has 2 aromatic rings.